The monoisotopic (exact) mass is 922 g/mol. The minimum atomic E-state index is -5.26. The molecular formula is C32H24ClFN10O12S4. The molecule has 6 aromatic rings. The second kappa shape index (κ2) is 16.1. The molecule has 0 radical (unpaired) electrons. The highest BCUT2D eigenvalue weighted by molar-refractivity contribution is 7.86. The third-order valence-corrected chi connectivity index (χ3v) is 11.7. The van der Waals surface area contributed by atoms with E-state index >= 15 is 0 Å². The Balaban J connectivity index is 1.46. The van der Waals surface area contributed by atoms with Gasteiger partial charge in [0.25, 0.3) is 40.5 Å². The van der Waals surface area contributed by atoms with Crippen molar-refractivity contribution < 1.29 is 56.3 Å². The van der Waals surface area contributed by atoms with Gasteiger partial charge in [0, 0.05) is 21.8 Å². The van der Waals surface area contributed by atoms with E-state index < -0.39 is 94.8 Å². The first-order valence-corrected chi connectivity index (χ1v) is 22.1. The maximum Gasteiger partial charge on any atom is 0.315 e. The molecule has 8 N–H and O–H groups in total. The van der Waals surface area contributed by atoms with Crippen LogP contribution >= 0.6 is 11.6 Å². The van der Waals surface area contributed by atoms with Crippen molar-refractivity contribution in [1.82, 2.24) is 15.0 Å². The molecule has 28 heteroatoms. The van der Waals surface area contributed by atoms with Gasteiger partial charge in [-0.1, -0.05) is 17.7 Å². The molecule has 0 saturated heterocycles. The summed E-state index contributed by atoms with van der Waals surface area (Å²) in [7, 11) is -20.1. The molecular weight excluding hydrogens is 899 g/mol. The molecule has 1 heterocycles. The van der Waals surface area contributed by atoms with Gasteiger partial charge in [-0.3, -0.25) is 18.2 Å². The number of nitrogens with one attached hydrogen (secondary N) is 2. The van der Waals surface area contributed by atoms with Crippen LogP contribution in [0.3, 0.4) is 0 Å². The lowest BCUT2D eigenvalue weighted by Gasteiger charge is -2.15. The Bertz CT molecular complexity index is 3270. The van der Waals surface area contributed by atoms with E-state index in [1.165, 1.54) is 13.0 Å². The molecule has 0 aliphatic rings. The first-order valence-electron chi connectivity index (χ1n) is 16.0. The summed E-state index contributed by atoms with van der Waals surface area (Å²) in [6.45, 7) is 1.20. The van der Waals surface area contributed by atoms with Gasteiger partial charge in [-0.2, -0.15) is 58.1 Å². The maximum atomic E-state index is 14.4. The van der Waals surface area contributed by atoms with Crippen molar-refractivity contribution in [1.29, 1.82) is 0 Å². The van der Waals surface area contributed by atoms with Crippen LogP contribution in [0.2, 0.25) is 5.02 Å². The Hall–Kier alpha value is -6.17. The Labute approximate surface area is 343 Å². The first-order chi connectivity index (χ1) is 27.9. The molecule has 0 bridgehead atoms. The number of nitrogen functional groups attached to an aromatic ring is 1. The van der Waals surface area contributed by atoms with E-state index in [0.717, 1.165) is 54.6 Å². The van der Waals surface area contributed by atoms with Crippen LogP contribution in [0.1, 0.15) is 5.56 Å². The Morgan fingerprint density at radius 2 is 1.18 bits per heavy atom. The SMILES string of the molecule is Cc1c(N=Nc2cc(Nc3nc(F)nc(Nc4cccc(Cl)c4)n3)ccc2S(=O)(=O)O)c(S(=O)(=O)O)cc2cc(S(=O)(=O)O)c(N=Nc3ccc(S(=O)(=O)O)cc3)c(N)c12. The Kier molecular flexibility index (Phi) is 11.7. The van der Waals surface area contributed by atoms with Gasteiger partial charge in [-0.15, -0.1) is 15.3 Å². The third kappa shape index (κ3) is 9.81. The zero-order valence-electron chi connectivity index (χ0n) is 29.7. The molecule has 0 spiro atoms. The second-order valence-electron chi connectivity index (χ2n) is 12.1. The van der Waals surface area contributed by atoms with Crippen molar-refractivity contribution in [2.75, 3.05) is 16.4 Å². The number of hydrogen-bond donors (Lipinski definition) is 7. The van der Waals surface area contributed by atoms with Gasteiger partial charge in [0.15, 0.2) is 0 Å². The minimum Gasteiger partial charge on any atom is -0.396 e. The van der Waals surface area contributed by atoms with Crippen LogP contribution in [0.25, 0.3) is 10.8 Å². The van der Waals surface area contributed by atoms with Gasteiger partial charge in [0.05, 0.1) is 16.3 Å². The average molecular weight is 923 g/mol. The van der Waals surface area contributed by atoms with Gasteiger partial charge in [-0.25, -0.2) is 0 Å². The smallest absolute Gasteiger partial charge is 0.315 e. The summed E-state index contributed by atoms with van der Waals surface area (Å²) in [4.78, 5) is 7.81. The highest BCUT2D eigenvalue weighted by Gasteiger charge is 2.27. The quantitative estimate of drug-likeness (QED) is 0.0368. The van der Waals surface area contributed by atoms with E-state index in [4.69, 9.17) is 17.3 Å². The highest BCUT2D eigenvalue weighted by Crippen LogP contribution is 2.45. The summed E-state index contributed by atoms with van der Waals surface area (Å²) in [5.41, 5.74) is 3.75. The number of nitrogens with zero attached hydrogens (tertiary/aromatic N) is 7. The summed E-state index contributed by atoms with van der Waals surface area (Å²) in [6, 6.07) is 14.8. The molecule has 22 nitrogen and oxygen atoms in total. The van der Waals surface area contributed by atoms with Crippen LogP contribution in [0, 0.1) is 13.0 Å². The topological polar surface area (TPSA) is 356 Å². The van der Waals surface area contributed by atoms with E-state index in [0.29, 0.717) is 10.7 Å². The van der Waals surface area contributed by atoms with Crippen LogP contribution in [0.5, 0.6) is 0 Å². The fourth-order valence-electron chi connectivity index (χ4n) is 5.43. The average Bonchev–Trinajstić information content (AvgIpc) is 3.12. The van der Waals surface area contributed by atoms with Gasteiger partial charge < -0.3 is 16.4 Å². The second-order valence-corrected chi connectivity index (χ2v) is 18.1. The predicted octanol–water partition coefficient (Wildman–Crippen LogP) is 7.01. The number of rotatable bonds is 12. The molecule has 0 fully saturated rings. The summed E-state index contributed by atoms with van der Waals surface area (Å²) in [5.74, 6) is -0.676. The van der Waals surface area contributed by atoms with Crippen molar-refractivity contribution in [3.63, 3.8) is 0 Å². The molecule has 0 saturated carbocycles. The molecule has 5 aromatic carbocycles. The Morgan fingerprint density at radius 1 is 0.633 bits per heavy atom. The van der Waals surface area contributed by atoms with Gasteiger partial charge in [0.1, 0.15) is 31.7 Å². The van der Waals surface area contributed by atoms with Crippen LogP contribution in [0.15, 0.2) is 119 Å². The molecule has 0 atom stereocenters. The zero-order chi connectivity index (χ0) is 43.9. The largest absolute Gasteiger partial charge is 0.396 e. The minimum absolute atomic E-state index is 0.0782. The van der Waals surface area contributed by atoms with E-state index in [-0.39, 0.29) is 33.7 Å². The first kappa shape index (κ1) is 43.4. The number of azo groups is 2. The number of halogens is 2. The number of hydrogen-bond acceptors (Lipinski definition) is 18. The molecule has 0 amide bonds. The molecule has 60 heavy (non-hydrogen) atoms. The number of aryl methyl sites for hydroxylation is 1. The van der Waals surface area contributed by atoms with E-state index in [1.54, 1.807) is 18.2 Å². The van der Waals surface area contributed by atoms with Crippen molar-refractivity contribution in [3.8, 4) is 0 Å². The summed E-state index contributed by atoms with van der Waals surface area (Å²) < 4.78 is 152. The van der Waals surface area contributed by atoms with Crippen molar-refractivity contribution in [2.45, 2.75) is 26.5 Å². The summed E-state index contributed by atoms with van der Waals surface area (Å²) in [6.07, 6.45) is -1.24. The predicted molar refractivity (Wildman–Crippen MR) is 211 cm³/mol. The number of fused-ring (bicyclic) bond motifs is 1. The number of benzene rings is 5. The normalized spacial score (nSPS) is 12.7. The highest BCUT2D eigenvalue weighted by atomic mass is 35.5. The van der Waals surface area contributed by atoms with Crippen molar-refractivity contribution in [3.05, 3.63) is 95.5 Å². The lowest BCUT2D eigenvalue weighted by atomic mass is 10.0. The number of nitrogens with two attached hydrogens (primary N) is 1. The summed E-state index contributed by atoms with van der Waals surface area (Å²) >= 11 is 5.99. The van der Waals surface area contributed by atoms with Crippen LogP contribution in [-0.4, -0.2) is 66.8 Å². The molecule has 1 aromatic heterocycles. The Morgan fingerprint density at radius 3 is 1.73 bits per heavy atom. The lowest BCUT2D eigenvalue weighted by Crippen LogP contribution is -2.06. The van der Waals surface area contributed by atoms with Crippen LogP contribution in [-0.2, 0) is 40.5 Å². The lowest BCUT2D eigenvalue weighted by molar-refractivity contribution is 0.480. The van der Waals surface area contributed by atoms with Crippen molar-refractivity contribution >= 4 is 115 Å². The van der Waals surface area contributed by atoms with Gasteiger partial charge in [0.2, 0.25) is 11.9 Å². The molecule has 6 rings (SSSR count). The van der Waals surface area contributed by atoms with Crippen LogP contribution < -0.4 is 16.4 Å². The van der Waals surface area contributed by atoms with E-state index in [2.05, 4.69) is 46.0 Å². The van der Waals surface area contributed by atoms with E-state index in [1.807, 2.05) is 0 Å². The molecule has 0 aliphatic carbocycles. The summed E-state index contributed by atoms with van der Waals surface area (Å²) in [5, 5.41) is 20.6. The van der Waals surface area contributed by atoms with E-state index in [9.17, 15) is 56.3 Å². The molecule has 312 valence electrons. The van der Waals surface area contributed by atoms with Crippen LogP contribution in [0.4, 0.5) is 56.1 Å². The van der Waals surface area contributed by atoms with Gasteiger partial charge >= 0.3 is 6.08 Å². The van der Waals surface area contributed by atoms with Gasteiger partial charge in [-0.05, 0) is 90.7 Å². The molecule has 0 unspecified atom stereocenters. The molecule has 0 aliphatic heterocycles. The fraction of sp³-hybridized carbons (Fsp3) is 0.0312. The fourth-order valence-corrected chi connectivity index (χ4v) is 8.09. The number of anilines is 5. The third-order valence-electron chi connectivity index (χ3n) is 7.98. The van der Waals surface area contributed by atoms with Crippen molar-refractivity contribution in [2.24, 2.45) is 20.5 Å². The maximum absolute atomic E-state index is 14.4. The zero-order valence-corrected chi connectivity index (χ0v) is 33.7. The number of aromatic nitrogens is 3. The standard InChI is InChI=1S/C32H24ClFN10O12S4/c1-15-26-16(12-25(60(54,55)56)29(27(26)35)44-41-18-5-8-21(9-6-18)57(45,46)47)11-24(59(51,52)53)28(15)43-42-22-14-20(7-10-23(22)58(48,49)50)37-32-39-30(34)38-31(40-32)36-19-4-2-3-17(33)13-19/h2-14H,35H2,1H3,(H,45,46,47)(H,48,49,50)(H,51,52,53)(H,54,55,56)(H2,36,37,38,39,40).